The predicted molar refractivity (Wildman–Crippen MR) is 58.8 cm³/mol. The molecule has 0 unspecified atom stereocenters. The maximum atomic E-state index is 11.0. The van der Waals surface area contributed by atoms with E-state index in [2.05, 4.69) is 4.90 Å². The van der Waals surface area contributed by atoms with Gasteiger partial charge in [0.2, 0.25) is 0 Å². The molecular formula is C12H21NO2. The standard InChI is InChI=1S/C12H21NO2/c1-12(11(14)15)5-8-13(9-6-12)7-4-10-2-3-10/h10H,2-9H2,1H3,(H,14,15). The molecule has 0 aromatic heterocycles. The summed E-state index contributed by atoms with van der Waals surface area (Å²) in [5, 5.41) is 9.09. The van der Waals surface area contributed by atoms with Crippen molar-refractivity contribution >= 4 is 5.97 Å². The number of aliphatic carboxylic acids is 1. The number of hydrogen-bond donors (Lipinski definition) is 1. The highest BCUT2D eigenvalue weighted by Crippen LogP contribution is 2.34. The molecule has 0 amide bonds. The molecule has 2 aliphatic rings. The van der Waals surface area contributed by atoms with Crippen LogP contribution >= 0.6 is 0 Å². The van der Waals surface area contributed by atoms with Crippen molar-refractivity contribution in [2.24, 2.45) is 11.3 Å². The molecule has 1 aliphatic carbocycles. The molecule has 1 saturated carbocycles. The monoisotopic (exact) mass is 211 g/mol. The van der Waals surface area contributed by atoms with Gasteiger partial charge in [0.05, 0.1) is 5.41 Å². The lowest BCUT2D eigenvalue weighted by Crippen LogP contribution is -2.43. The molecular weight excluding hydrogens is 190 g/mol. The highest BCUT2D eigenvalue weighted by molar-refractivity contribution is 5.74. The van der Waals surface area contributed by atoms with Gasteiger partial charge in [0.25, 0.3) is 0 Å². The lowest BCUT2D eigenvalue weighted by Gasteiger charge is -2.36. The van der Waals surface area contributed by atoms with Gasteiger partial charge in [-0.25, -0.2) is 0 Å². The van der Waals surface area contributed by atoms with E-state index in [1.807, 2.05) is 6.92 Å². The summed E-state index contributed by atoms with van der Waals surface area (Å²) in [4.78, 5) is 13.5. The van der Waals surface area contributed by atoms with E-state index in [0.29, 0.717) is 0 Å². The summed E-state index contributed by atoms with van der Waals surface area (Å²) in [6.07, 6.45) is 5.78. The third kappa shape index (κ3) is 2.71. The minimum absolute atomic E-state index is 0.462. The molecule has 86 valence electrons. The number of piperidine rings is 1. The van der Waals surface area contributed by atoms with E-state index in [4.69, 9.17) is 5.11 Å². The maximum Gasteiger partial charge on any atom is 0.309 e. The largest absolute Gasteiger partial charge is 0.481 e. The van der Waals surface area contributed by atoms with Crippen molar-refractivity contribution in [3.05, 3.63) is 0 Å². The number of carboxylic acids is 1. The molecule has 15 heavy (non-hydrogen) atoms. The molecule has 0 bridgehead atoms. The summed E-state index contributed by atoms with van der Waals surface area (Å²) in [5.41, 5.74) is -0.462. The van der Waals surface area contributed by atoms with Gasteiger partial charge < -0.3 is 10.0 Å². The summed E-state index contributed by atoms with van der Waals surface area (Å²) in [6.45, 7) is 5.00. The number of nitrogens with zero attached hydrogens (tertiary/aromatic N) is 1. The third-order valence-electron chi connectivity index (χ3n) is 4.03. The Kier molecular flexibility index (Phi) is 3.01. The fourth-order valence-corrected chi connectivity index (χ4v) is 2.26. The van der Waals surface area contributed by atoms with Gasteiger partial charge in [-0.15, -0.1) is 0 Å². The number of carbonyl (C=O) groups is 1. The van der Waals surface area contributed by atoms with Crippen molar-refractivity contribution in [1.82, 2.24) is 4.90 Å². The van der Waals surface area contributed by atoms with Gasteiger partial charge in [0.1, 0.15) is 0 Å². The average molecular weight is 211 g/mol. The van der Waals surface area contributed by atoms with Gasteiger partial charge in [0.15, 0.2) is 0 Å². The fraction of sp³-hybridized carbons (Fsp3) is 0.917. The molecule has 0 aromatic rings. The molecule has 1 heterocycles. The van der Waals surface area contributed by atoms with Crippen LogP contribution in [0.5, 0.6) is 0 Å². The van der Waals surface area contributed by atoms with Gasteiger partial charge in [-0.2, -0.15) is 0 Å². The molecule has 0 radical (unpaired) electrons. The van der Waals surface area contributed by atoms with Crippen molar-refractivity contribution in [3.63, 3.8) is 0 Å². The summed E-state index contributed by atoms with van der Waals surface area (Å²) < 4.78 is 0. The van der Waals surface area contributed by atoms with Crippen LogP contribution in [0.25, 0.3) is 0 Å². The Labute approximate surface area is 91.5 Å². The number of hydrogen-bond acceptors (Lipinski definition) is 2. The smallest absolute Gasteiger partial charge is 0.309 e. The molecule has 2 fully saturated rings. The molecule has 1 saturated heterocycles. The molecule has 2 rings (SSSR count). The zero-order valence-corrected chi connectivity index (χ0v) is 9.54. The Bertz CT molecular complexity index is 240. The second-order valence-corrected chi connectivity index (χ2v) is 5.44. The van der Waals surface area contributed by atoms with E-state index in [1.165, 1.54) is 25.8 Å². The number of rotatable bonds is 4. The Morgan fingerprint density at radius 1 is 1.40 bits per heavy atom. The van der Waals surface area contributed by atoms with Crippen LogP contribution in [0.2, 0.25) is 0 Å². The molecule has 1 N–H and O–H groups in total. The van der Waals surface area contributed by atoms with Crippen molar-refractivity contribution < 1.29 is 9.90 Å². The van der Waals surface area contributed by atoms with Crippen LogP contribution in [0.3, 0.4) is 0 Å². The second-order valence-electron chi connectivity index (χ2n) is 5.44. The third-order valence-corrected chi connectivity index (χ3v) is 4.03. The lowest BCUT2D eigenvalue weighted by atomic mass is 9.80. The second kappa shape index (κ2) is 4.12. The van der Waals surface area contributed by atoms with E-state index in [-0.39, 0.29) is 0 Å². The summed E-state index contributed by atoms with van der Waals surface area (Å²) in [5.74, 6) is 0.363. The quantitative estimate of drug-likeness (QED) is 0.773. The molecule has 3 nitrogen and oxygen atoms in total. The van der Waals surface area contributed by atoms with Gasteiger partial charge >= 0.3 is 5.97 Å². The van der Waals surface area contributed by atoms with Crippen LogP contribution < -0.4 is 0 Å². The van der Waals surface area contributed by atoms with Crippen LogP contribution in [0.15, 0.2) is 0 Å². The average Bonchev–Trinajstić information content (AvgIpc) is 3.00. The Morgan fingerprint density at radius 2 is 2.00 bits per heavy atom. The molecule has 1 aliphatic heterocycles. The van der Waals surface area contributed by atoms with Crippen LogP contribution in [0, 0.1) is 11.3 Å². The first-order chi connectivity index (χ1) is 7.10. The van der Waals surface area contributed by atoms with Crippen LogP contribution in [-0.2, 0) is 4.79 Å². The lowest BCUT2D eigenvalue weighted by molar-refractivity contribution is -0.150. The molecule has 0 atom stereocenters. The molecule has 3 heteroatoms. The molecule has 0 spiro atoms. The van der Waals surface area contributed by atoms with Gasteiger partial charge in [-0.1, -0.05) is 12.8 Å². The Balaban J connectivity index is 1.73. The minimum atomic E-state index is -0.621. The van der Waals surface area contributed by atoms with Crippen molar-refractivity contribution in [1.29, 1.82) is 0 Å². The zero-order chi connectivity index (χ0) is 10.9. The fourth-order valence-electron chi connectivity index (χ4n) is 2.26. The van der Waals surface area contributed by atoms with Crippen molar-refractivity contribution in [2.75, 3.05) is 19.6 Å². The summed E-state index contributed by atoms with van der Waals surface area (Å²) >= 11 is 0. The summed E-state index contributed by atoms with van der Waals surface area (Å²) in [7, 11) is 0. The SMILES string of the molecule is CC1(C(=O)O)CCN(CCC2CC2)CC1. The van der Waals surface area contributed by atoms with Gasteiger partial charge in [-0.3, -0.25) is 4.79 Å². The van der Waals surface area contributed by atoms with E-state index in [9.17, 15) is 4.79 Å². The topological polar surface area (TPSA) is 40.5 Å². The maximum absolute atomic E-state index is 11.0. The normalized spacial score (nSPS) is 26.5. The van der Waals surface area contributed by atoms with Crippen LogP contribution in [-0.4, -0.2) is 35.6 Å². The van der Waals surface area contributed by atoms with Crippen LogP contribution in [0.4, 0.5) is 0 Å². The highest BCUT2D eigenvalue weighted by Gasteiger charge is 2.36. The van der Waals surface area contributed by atoms with Crippen molar-refractivity contribution in [2.45, 2.75) is 39.0 Å². The van der Waals surface area contributed by atoms with E-state index < -0.39 is 11.4 Å². The molecule has 0 aromatic carbocycles. The summed E-state index contributed by atoms with van der Waals surface area (Å²) in [6, 6.07) is 0. The first kappa shape index (κ1) is 10.9. The predicted octanol–water partition coefficient (Wildman–Crippen LogP) is 1.97. The highest BCUT2D eigenvalue weighted by atomic mass is 16.4. The zero-order valence-electron chi connectivity index (χ0n) is 9.54. The minimum Gasteiger partial charge on any atom is -0.481 e. The van der Waals surface area contributed by atoms with E-state index in [1.54, 1.807) is 0 Å². The number of carboxylic acid groups (broad SMARTS) is 1. The first-order valence-corrected chi connectivity index (χ1v) is 6.06. The Hall–Kier alpha value is -0.570. The first-order valence-electron chi connectivity index (χ1n) is 6.06. The van der Waals surface area contributed by atoms with Gasteiger partial charge in [-0.05, 0) is 51.7 Å². The van der Waals surface area contributed by atoms with Crippen LogP contribution in [0.1, 0.15) is 39.0 Å². The number of likely N-dealkylation sites (tertiary alicyclic amines) is 1. The van der Waals surface area contributed by atoms with E-state index in [0.717, 1.165) is 31.8 Å². The van der Waals surface area contributed by atoms with Crippen molar-refractivity contribution in [3.8, 4) is 0 Å². The van der Waals surface area contributed by atoms with Gasteiger partial charge in [0, 0.05) is 0 Å². The van der Waals surface area contributed by atoms with E-state index >= 15 is 0 Å². The Morgan fingerprint density at radius 3 is 2.47 bits per heavy atom.